The Hall–Kier alpha value is -1.61. The number of nitrogens with zero attached hydrogens (tertiary/aromatic N) is 1. The minimum absolute atomic E-state index is 0.259. The zero-order valence-corrected chi connectivity index (χ0v) is 12.4. The molecule has 2 aromatic rings. The van der Waals surface area contributed by atoms with Crippen molar-refractivity contribution in [3.8, 4) is 11.3 Å². The molecule has 0 atom stereocenters. The van der Waals surface area contributed by atoms with Gasteiger partial charge in [0.05, 0.1) is 11.9 Å². The zero-order chi connectivity index (χ0) is 14.0. The highest BCUT2D eigenvalue weighted by atomic mass is 15.0. The predicted molar refractivity (Wildman–Crippen MR) is 82.9 cm³/mol. The highest BCUT2D eigenvalue weighted by Gasteiger charge is 2.46. The van der Waals surface area contributed by atoms with Gasteiger partial charge in [-0.2, -0.15) is 0 Å². The van der Waals surface area contributed by atoms with Crippen molar-refractivity contribution in [1.82, 2.24) is 15.3 Å². The van der Waals surface area contributed by atoms with E-state index in [0.717, 1.165) is 24.5 Å². The Labute approximate surface area is 120 Å². The molecule has 1 fully saturated rings. The molecule has 0 radical (unpaired) electrons. The second-order valence-electron chi connectivity index (χ2n) is 5.90. The molecule has 2 N–H and O–H groups in total. The number of aromatic amines is 1. The average molecular weight is 269 g/mol. The van der Waals surface area contributed by atoms with Gasteiger partial charge >= 0.3 is 0 Å². The van der Waals surface area contributed by atoms with E-state index in [0.29, 0.717) is 0 Å². The van der Waals surface area contributed by atoms with Crippen LogP contribution in [-0.2, 0) is 11.8 Å². The highest BCUT2D eigenvalue weighted by molar-refractivity contribution is 5.59. The number of benzene rings is 1. The third-order valence-electron chi connectivity index (χ3n) is 4.25. The molecule has 0 saturated heterocycles. The monoisotopic (exact) mass is 269 g/mol. The molecule has 1 aromatic heterocycles. The van der Waals surface area contributed by atoms with Crippen LogP contribution in [0.4, 0.5) is 0 Å². The summed E-state index contributed by atoms with van der Waals surface area (Å²) in [6.45, 7) is 3.22. The Morgan fingerprint density at radius 2 is 2.00 bits per heavy atom. The fourth-order valence-electron chi connectivity index (χ4n) is 2.86. The molecule has 3 rings (SSSR count). The van der Waals surface area contributed by atoms with E-state index in [1.165, 1.54) is 30.4 Å². The number of likely N-dealkylation sites (N-methyl/N-ethyl adjacent to an activating group) is 1. The lowest BCUT2D eigenvalue weighted by molar-refractivity contribution is 0.594. The smallest absolute Gasteiger partial charge is 0.114 e. The van der Waals surface area contributed by atoms with Crippen molar-refractivity contribution < 1.29 is 0 Å². The van der Waals surface area contributed by atoms with Crippen LogP contribution >= 0.6 is 0 Å². The SMILES string of the molecule is CCCc1ccc(-c2cnc(C3(CNC)CC3)[nH]2)cc1. The summed E-state index contributed by atoms with van der Waals surface area (Å²) in [4.78, 5) is 8.13. The molecule has 1 aromatic carbocycles. The summed E-state index contributed by atoms with van der Waals surface area (Å²) in [5, 5.41) is 3.28. The van der Waals surface area contributed by atoms with Crippen molar-refractivity contribution in [3.63, 3.8) is 0 Å². The van der Waals surface area contributed by atoms with E-state index < -0.39 is 0 Å². The van der Waals surface area contributed by atoms with Crippen LogP contribution in [-0.4, -0.2) is 23.6 Å². The van der Waals surface area contributed by atoms with Crippen LogP contribution in [0.25, 0.3) is 11.3 Å². The van der Waals surface area contributed by atoms with Gasteiger partial charge in [-0.25, -0.2) is 4.98 Å². The number of nitrogens with one attached hydrogen (secondary N) is 2. The number of H-pyrrole nitrogens is 1. The maximum Gasteiger partial charge on any atom is 0.114 e. The fraction of sp³-hybridized carbons (Fsp3) is 0.471. The Morgan fingerprint density at radius 1 is 1.25 bits per heavy atom. The summed E-state index contributed by atoms with van der Waals surface area (Å²) < 4.78 is 0. The summed E-state index contributed by atoms with van der Waals surface area (Å²) >= 11 is 0. The van der Waals surface area contributed by atoms with Gasteiger partial charge in [0, 0.05) is 12.0 Å². The van der Waals surface area contributed by atoms with E-state index in [1.54, 1.807) is 0 Å². The molecular formula is C17H23N3. The van der Waals surface area contributed by atoms with E-state index >= 15 is 0 Å². The van der Waals surface area contributed by atoms with Gasteiger partial charge in [-0.15, -0.1) is 0 Å². The van der Waals surface area contributed by atoms with Crippen molar-refractivity contribution in [2.75, 3.05) is 13.6 Å². The molecule has 0 bridgehead atoms. The molecule has 3 nitrogen and oxygen atoms in total. The molecule has 1 aliphatic rings. The predicted octanol–water partition coefficient (Wildman–Crippen LogP) is 3.28. The molecule has 0 amide bonds. The van der Waals surface area contributed by atoms with Crippen molar-refractivity contribution in [2.24, 2.45) is 0 Å². The molecule has 106 valence electrons. The van der Waals surface area contributed by atoms with Crippen molar-refractivity contribution in [2.45, 2.75) is 38.0 Å². The number of hydrogen-bond donors (Lipinski definition) is 2. The number of rotatable bonds is 6. The minimum Gasteiger partial charge on any atom is -0.342 e. The molecule has 3 heteroatoms. The van der Waals surface area contributed by atoms with Crippen molar-refractivity contribution in [1.29, 1.82) is 0 Å². The van der Waals surface area contributed by atoms with Gasteiger partial charge in [0.25, 0.3) is 0 Å². The van der Waals surface area contributed by atoms with Gasteiger partial charge in [-0.05, 0) is 37.4 Å². The van der Waals surface area contributed by atoms with E-state index in [1.807, 2.05) is 13.2 Å². The zero-order valence-electron chi connectivity index (χ0n) is 12.4. The average Bonchev–Trinajstić information content (AvgIpc) is 3.07. The molecule has 0 spiro atoms. The first-order valence-corrected chi connectivity index (χ1v) is 7.57. The second kappa shape index (κ2) is 5.41. The lowest BCUT2D eigenvalue weighted by Gasteiger charge is -2.10. The second-order valence-corrected chi connectivity index (χ2v) is 5.90. The summed E-state index contributed by atoms with van der Waals surface area (Å²) in [5.74, 6) is 1.14. The van der Waals surface area contributed by atoms with Crippen LogP contribution in [0, 0.1) is 0 Å². The van der Waals surface area contributed by atoms with Gasteiger partial charge in [-0.1, -0.05) is 37.6 Å². The van der Waals surface area contributed by atoms with E-state index in [4.69, 9.17) is 0 Å². The summed E-state index contributed by atoms with van der Waals surface area (Å²) in [6.07, 6.45) is 6.78. The van der Waals surface area contributed by atoms with Crippen molar-refractivity contribution >= 4 is 0 Å². The summed E-state index contributed by atoms with van der Waals surface area (Å²) in [7, 11) is 2.01. The first kappa shape index (κ1) is 13.4. The lowest BCUT2D eigenvalue weighted by Crippen LogP contribution is -2.24. The standard InChI is InChI=1S/C17H23N3/c1-3-4-13-5-7-14(8-6-13)15-11-19-16(20-15)17(9-10-17)12-18-2/h5-8,11,18H,3-4,9-10,12H2,1-2H3,(H,19,20). The summed E-state index contributed by atoms with van der Waals surface area (Å²) in [5.41, 5.74) is 4.02. The van der Waals surface area contributed by atoms with E-state index in [9.17, 15) is 0 Å². The normalized spacial score (nSPS) is 16.3. The van der Waals surface area contributed by atoms with Crippen LogP contribution in [0.3, 0.4) is 0 Å². The maximum absolute atomic E-state index is 4.61. The maximum atomic E-state index is 4.61. The topological polar surface area (TPSA) is 40.7 Å². The minimum atomic E-state index is 0.259. The number of aromatic nitrogens is 2. The third-order valence-corrected chi connectivity index (χ3v) is 4.25. The van der Waals surface area contributed by atoms with Gasteiger partial charge in [0.2, 0.25) is 0 Å². The Bertz CT molecular complexity index is 564. The van der Waals surface area contributed by atoms with Crippen LogP contribution in [0.15, 0.2) is 30.5 Å². The summed E-state index contributed by atoms with van der Waals surface area (Å²) in [6, 6.07) is 8.83. The first-order chi connectivity index (χ1) is 9.77. The van der Waals surface area contributed by atoms with E-state index in [2.05, 4.69) is 46.5 Å². The molecule has 1 saturated carbocycles. The number of hydrogen-bond acceptors (Lipinski definition) is 2. The first-order valence-electron chi connectivity index (χ1n) is 7.57. The molecule has 20 heavy (non-hydrogen) atoms. The van der Waals surface area contributed by atoms with Gasteiger partial charge < -0.3 is 10.3 Å². The van der Waals surface area contributed by atoms with Crippen molar-refractivity contribution in [3.05, 3.63) is 41.9 Å². The molecule has 1 heterocycles. The molecule has 0 unspecified atom stereocenters. The quantitative estimate of drug-likeness (QED) is 0.845. The van der Waals surface area contributed by atoms with Gasteiger partial charge in [0.15, 0.2) is 0 Å². The Morgan fingerprint density at radius 3 is 2.60 bits per heavy atom. The van der Waals surface area contributed by atoms with Gasteiger partial charge in [0.1, 0.15) is 5.82 Å². The number of imidazole rings is 1. The van der Waals surface area contributed by atoms with Crippen LogP contribution in [0.5, 0.6) is 0 Å². The number of aryl methyl sites for hydroxylation is 1. The third kappa shape index (κ3) is 2.50. The molecular weight excluding hydrogens is 246 g/mol. The largest absolute Gasteiger partial charge is 0.342 e. The molecule has 1 aliphatic carbocycles. The van der Waals surface area contributed by atoms with Crippen LogP contribution < -0.4 is 5.32 Å². The Balaban J connectivity index is 1.79. The van der Waals surface area contributed by atoms with Crippen LogP contribution in [0.1, 0.15) is 37.6 Å². The Kier molecular flexibility index (Phi) is 3.62. The highest BCUT2D eigenvalue weighted by Crippen LogP contribution is 2.46. The lowest BCUT2D eigenvalue weighted by atomic mass is 10.1. The molecule has 0 aliphatic heterocycles. The van der Waals surface area contributed by atoms with Crippen LogP contribution in [0.2, 0.25) is 0 Å². The van der Waals surface area contributed by atoms with Gasteiger partial charge in [-0.3, -0.25) is 0 Å². The van der Waals surface area contributed by atoms with E-state index in [-0.39, 0.29) is 5.41 Å². The fourth-order valence-corrected chi connectivity index (χ4v) is 2.86.